The Bertz CT molecular complexity index is 653. The highest BCUT2D eigenvalue weighted by Gasteiger charge is 2.24. The van der Waals surface area contributed by atoms with Crippen molar-refractivity contribution in [1.82, 2.24) is 4.90 Å². The van der Waals surface area contributed by atoms with Crippen LogP contribution in [0.25, 0.3) is 0 Å². The van der Waals surface area contributed by atoms with Crippen LogP contribution in [0, 0.1) is 10.1 Å². The molecule has 1 aliphatic carbocycles. The maximum absolute atomic E-state index is 12.3. The third kappa shape index (κ3) is 4.78. The van der Waals surface area contributed by atoms with E-state index in [0.717, 1.165) is 25.7 Å². The van der Waals surface area contributed by atoms with E-state index in [-0.39, 0.29) is 47.8 Å². The van der Waals surface area contributed by atoms with Gasteiger partial charge in [-0.15, -0.1) is 0 Å². The number of hydrogen-bond donors (Lipinski definition) is 0. The van der Waals surface area contributed by atoms with Crippen LogP contribution in [0.4, 0.5) is 5.69 Å². The molecule has 136 valence electrons. The van der Waals surface area contributed by atoms with E-state index in [1.165, 1.54) is 24.6 Å². The first kappa shape index (κ1) is 18.9. The van der Waals surface area contributed by atoms with Crippen molar-refractivity contribution in [3.8, 4) is 5.75 Å². The molecule has 7 nitrogen and oxygen atoms in total. The van der Waals surface area contributed by atoms with Crippen molar-refractivity contribution in [3.05, 3.63) is 33.9 Å². The molecule has 0 atom stereocenters. The second-order valence-corrected chi connectivity index (χ2v) is 6.30. The molecule has 0 bridgehead atoms. The Balaban J connectivity index is 2.05. The fourth-order valence-electron chi connectivity index (χ4n) is 3.07. The van der Waals surface area contributed by atoms with Gasteiger partial charge in [-0.1, -0.05) is 26.2 Å². The van der Waals surface area contributed by atoms with Gasteiger partial charge in [-0.05, 0) is 25.0 Å². The van der Waals surface area contributed by atoms with Crippen LogP contribution in [0.3, 0.4) is 0 Å². The van der Waals surface area contributed by atoms with E-state index in [9.17, 15) is 19.7 Å². The number of likely N-dealkylation sites (N-methyl/N-ethyl adjacent to an activating group) is 1. The summed E-state index contributed by atoms with van der Waals surface area (Å²) in [4.78, 5) is 36.3. The minimum absolute atomic E-state index is 0.00282. The van der Waals surface area contributed by atoms with E-state index < -0.39 is 4.92 Å². The fraction of sp³-hybridized carbons (Fsp3) is 0.556. The molecular weight excluding hydrogens is 324 g/mol. The molecule has 2 rings (SSSR count). The van der Waals surface area contributed by atoms with Crippen LogP contribution in [0.5, 0.6) is 5.75 Å². The number of amides is 1. The fourth-order valence-corrected chi connectivity index (χ4v) is 3.07. The number of rotatable bonds is 7. The van der Waals surface area contributed by atoms with Gasteiger partial charge >= 0.3 is 5.69 Å². The summed E-state index contributed by atoms with van der Waals surface area (Å²) in [5, 5.41) is 11.2. The first-order chi connectivity index (χ1) is 11.9. The normalized spacial score (nSPS) is 14.8. The van der Waals surface area contributed by atoms with Crippen LogP contribution >= 0.6 is 0 Å². The van der Waals surface area contributed by atoms with Crippen molar-refractivity contribution in [1.29, 1.82) is 0 Å². The minimum atomic E-state index is -0.600. The molecule has 25 heavy (non-hydrogen) atoms. The van der Waals surface area contributed by atoms with E-state index in [1.54, 1.807) is 18.9 Å². The summed E-state index contributed by atoms with van der Waals surface area (Å²) < 4.78 is 5.40. The molecule has 0 radical (unpaired) electrons. The van der Waals surface area contributed by atoms with Gasteiger partial charge in [-0.25, -0.2) is 0 Å². The van der Waals surface area contributed by atoms with E-state index in [0.29, 0.717) is 0 Å². The molecule has 0 aromatic heterocycles. The molecule has 0 saturated heterocycles. The highest BCUT2D eigenvalue weighted by Crippen LogP contribution is 2.29. The predicted octanol–water partition coefficient (Wildman–Crippen LogP) is 3.36. The number of carbonyl (C=O) groups excluding carboxylic acids is 2. The second-order valence-electron chi connectivity index (χ2n) is 6.30. The highest BCUT2D eigenvalue weighted by molar-refractivity contribution is 5.96. The Hall–Kier alpha value is -2.44. The lowest BCUT2D eigenvalue weighted by atomic mass is 9.94. The molecule has 0 heterocycles. The van der Waals surface area contributed by atoms with Gasteiger partial charge in [0.05, 0.1) is 4.92 Å². The van der Waals surface area contributed by atoms with Crippen molar-refractivity contribution < 1.29 is 19.2 Å². The van der Waals surface area contributed by atoms with Crippen molar-refractivity contribution >= 4 is 17.4 Å². The van der Waals surface area contributed by atoms with E-state index in [2.05, 4.69) is 0 Å². The quantitative estimate of drug-likeness (QED) is 0.428. The number of ether oxygens (including phenoxy) is 1. The Morgan fingerprint density at radius 2 is 1.96 bits per heavy atom. The standard InChI is InChI=1S/C18H24N2O5/c1-3-16(21)13-9-10-17(15(11-13)20(23)24)25-12-18(22)19(2)14-7-5-4-6-8-14/h9-11,14H,3-8,12H2,1-2H3. The van der Waals surface area contributed by atoms with Crippen LogP contribution in [0.15, 0.2) is 18.2 Å². The number of hydrogen-bond acceptors (Lipinski definition) is 5. The lowest BCUT2D eigenvalue weighted by Crippen LogP contribution is -2.40. The van der Waals surface area contributed by atoms with Gasteiger partial charge in [-0.3, -0.25) is 19.7 Å². The Morgan fingerprint density at radius 3 is 2.56 bits per heavy atom. The van der Waals surface area contributed by atoms with Gasteiger partial charge in [0.15, 0.2) is 18.1 Å². The zero-order valence-corrected chi connectivity index (χ0v) is 14.7. The summed E-state index contributed by atoms with van der Waals surface area (Å²) >= 11 is 0. The number of nitrogens with zero attached hydrogens (tertiary/aromatic N) is 2. The van der Waals surface area contributed by atoms with Gasteiger partial charge in [0.1, 0.15) is 0 Å². The van der Waals surface area contributed by atoms with Crippen molar-refractivity contribution in [2.24, 2.45) is 0 Å². The molecular formula is C18H24N2O5. The van der Waals surface area contributed by atoms with Crippen molar-refractivity contribution in [2.45, 2.75) is 51.5 Å². The average Bonchev–Trinajstić information content (AvgIpc) is 2.65. The van der Waals surface area contributed by atoms with Gasteiger partial charge in [0.25, 0.3) is 5.91 Å². The van der Waals surface area contributed by atoms with E-state index >= 15 is 0 Å². The molecule has 1 saturated carbocycles. The van der Waals surface area contributed by atoms with Crippen molar-refractivity contribution in [2.75, 3.05) is 13.7 Å². The first-order valence-electron chi connectivity index (χ1n) is 8.64. The molecule has 0 spiro atoms. The summed E-state index contributed by atoms with van der Waals surface area (Å²) in [7, 11) is 1.75. The topological polar surface area (TPSA) is 89.8 Å². The zero-order valence-electron chi connectivity index (χ0n) is 14.7. The summed E-state index contributed by atoms with van der Waals surface area (Å²) in [6.45, 7) is 1.44. The predicted molar refractivity (Wildman–Crippen MR) is 92.9 cm³/mol. The molecule has 1 fully saturated rings. The van der Waals surface area contributed by atoms with Crippen molar-refractivity contribution in [3.63, 3.8) is 0 Å². The van der Waals surface area contributed by atoms with Crippen LogP contribution in [-0.4, -0.2) is 41.2 Å². The molecule has 1 aromatic carbocycles. The lowest BCUT2D eigenvalue weighted by molar-refractivity contribution is -0.385. The molecule has 0 aliphatic heterocycles. The Kier molecular flexibility index (Phi) is 6.50. The molecule has 0 unspecified atom stereocenters. The lowest BCUT2D eigenvalue weighted by Gasteiger charge is -2.31. The number of nitro groups is 1. The van der Waals surface area contributed by atoms with Crippen LogP contribution in [-0.2, 0) is 4.79 Å². The maximum atomic E-state index is 12.3. The first-order valence-corrected chi connectivity index (χ1v) is 8.64. The zero-order chi connectivity index (χ0) is 18.4. The highest BCUT2D eigenvalue weighted by atomic mass is 16.6. The van der Waals surface area contributed by atoms with Gasteiger partial charge < -0.3 is 9.64 Å². The van der Waals surface area contributed by atoms with Gasteiger partial charge in [-0.2, -0.15) is 0 Å². The SMILES string of the molecule is CCC(=O)c1ccc(OCC(=O)N(C)C2CCCCC2)c([N+](=O)[O-])c1. The molecule has 1 amide bonds. The largest absolute Gasteiger partial charge is 0.477 e. The number of carbonyl (C=O) groups is 2. The van der Waals surface area contributed by atoms with Crippen LogP contribution in [0.2, 0.25) is 0 Å². The van der Waals surface area contributed by atoms with Gasteiger partial charge in [0, 0.05) is 31.1 Å². The van der Waals surface area contributed by atoms with Crippen LogP contribution in [0.1, 0.15) is 55.8 Å². The average molecular weight is 348 g/mol. The maximum Gasteiger partial charge on any atom is 0.311 e. The van der Waals surface area contributed by atoms with E-state index in [1.807, 2.05) is 0 Å². The summed E-state index contributed by atoms with van der Waals surface area (Å²) in [6.07, 6.45) is 5.65. The number of benzene rings is 1. The number of nitro benzene ring substituents is 1. The second kappa shape index (κ2) is 8.60. The van der Waals surface area contributed by atoms with Crippen LogP contribution < -0.4 is 4.74 Å². The Labute approximate surface area is 147 Å². The number of ketones is 1. The summed E-state index contributed by atoms with van der Waals surface area (Å²) in [5.74, 6) is -0.374. The van der Waals surface area contributed by atoms with E-state index in [4.69, 9.17) is 4.74 Å². The Morgan fingerprint density at radius 1 is 1.28 bits per heavy atom. The molecule has 1 aliphatic rings. The smallest absolute Gasteiger partial charge is 0.311 e. The molecule has 1 aromatic rings. The van der Waals surface area contributed by atoms with Gasteiger partial charge in [0.2, 0.25) is 0 Å². The number of Topliss-reactive ketones (excluding diaryl/α,β-unsaturated/α-hetero) is 1. The molecule has 0 N–H and O–H groups in total. The summed E-state index contributed by atoms with van der Waals surface area (Å²) in [6, 6.07) is 4.29. The summed E-state index contributed by atoms with van der Waals surface area (Å²) in [5.41, 5.74) is -0.0281. The third-order valence-electron chi connectivity index (χ3n) is 4.67. The minimum Gasteiger partial charge on any atom is -0.477 e. The molecule has 7 heteroatoms. The third-order valence-corrected chi connectivity index (χ3v) is 4.67. The monoisotopic (exact) mass is 348 g/mol.